The van der Waals surface area contributed by atoms with Gasteiger partial charge in [-0.3, -0.25) is 4.79 Å². The van der Waals surface area contributed by atoms with E-state index in [1.807, 2.05) is 60.7 Å². The molecule has 0 aliphatic rings. The Balaban J connectivity index is 1.70. The molecule has 0 heterocycles. The van der Waals surface area contributed by atoms with Crippen molar-refractivity contribution in [2.45, 2.75) is 25.3 Å². The first-order chi connectivity index (χ1) is 15.1. The molecular weight excluding hydrogens is 390 g/mol. The van der Waals surface area contributed by atoms with Gasteiger partial charge in [-0.1, -0.05) is 60.7 Å². The first-order valence-electron chi connectivity index (χ1n) is 10.3. The second kappa shape index (κ2) is 11.1. The lowest BCUT2D eigenvalue weighted by Crippen LogP contribution is -2.30. The van der Waals surface area contributed by atoms with E-state index in [9.17, 15) is 4.79 Å². The Labute approximate surface area is 184 Å². The van der Waals surface area contributed by atoms with Crippen LogP contribution in [-0.2, 0) is 17.6 Å². The number of rotatable bonds is 10. The van der Waals surface area contributed by atoms with Gasteiger partial charge in [0.1, 0.15) is 0 Å². The molecule has 0 aliphatic carbocycles. The summed E-state index contributed by atoms with van der Waals surface area (Å²) in [5.74, 6) is 1.72. The summed E-state index contributed by atoms with van der Waals surface area (Å²) in [6.45, 7) is 0. The van der Waals surface area contributed by atoms with Gasteiger partial charge in [-0.15, -0.1) is 0 Å². The topological polar surface area (TPSA) is 56.8 Å². The summed E-state index contributed by atoms with van der Waals surface area (Å²) >= 11 is 0. The largest absolute Gasteiger partial charge is 0.493 e. The third-order valence-corrected chi connectivity index (χ3v) is 5.19. The van der Waals surface area contributed by atoms with E-state index in [0.29, 0.717) is 30.1 Å². The van der Waals surface area contributed by atoms with Crippen LogP contribution in [0.25, 0.3) is 0 Å². The molecular formula is C26H29NO4. The van der Waals surface area contributed by atoms with Crippen LogP contribution in [0.5, 0.6) is 17.2 Å². The van der Waals surface area contributed by atoms with Crippen LogP contribution in [0.4, 0.5) is 0 Å². The molecule has 1 N–H and O–H groups in total. The lowest BCUT2D eigenvalue weighted by atomic mass is 9.98. The molecule has 0 fully saturated rings. The Morgan fingerprint density at radius 3 is 1.94 bits per heavy atom. The Morgan fingerprint density at radius 2 is 1.39 bits per heavy atom. The molecule has 3 rings (SSSR count). The highest BCUT2D eigenvalue weighted by Gasteiger charge is 2.17. The molecule has 5 heteroatoms. The Bertz CT molecular complexity index is 948. The van der Waals surface area contributed by atoms with E-state index in [1.54, 1.807) is 21.3 Å². The van der Waals surface area contributed by atoms with Gasteiger partial charge >= 0.3 is 0 Å². The van der Waals surface area contributed by atoms with Gasteiger partial charge in [-0.2, -0.15) is 0 Å². The Kier molecular flexibility index (Phi) is 7.93. The van der Waals surface area contributed by atoms with Gasteiger partial charge in [-0.25, -0.2) is 0 Å². The maximum Gasteiger partial charge on any atom is 0.220 e. The Hall–Kier alpha value is -3.47. The number of methoxy groups -OCH3 is 3. The quantitative estimate of drug-likeness (QED) is 0.515. The minimum absolute atomic E-state index is 0.00136. The van der Waals surface area contributed by atoms with Crippen molar-refractivity contribution in [3.8, 4) is 17.2 Å². The van der Waals surface area contributed by atoms with E-state index < -0.39 is 0 Å². The molecule has 1 unspecified atom stereocenters. The normalized spacial score (nSPS) is 11.5. The van der Waals surface area contributed by atoms with Crippen molar-refractivity contribution in [3.63, 3.8) is 0 Å². The van der Waals surface area contributed by atoms with Gasteiger partial charge in [0, 0.05) is 6.42 Å². The third-order valence-electron chi connectivity index (χ3n) is 5.19. The number of amides is 1. The van der Waals surface area contributed by atoms with Crippen LogP contribution in [0.15, 0.2) is 72.8 Å². The van der Waals surface area contributed by atoms with Gasteiger partial charge in [0.2, 0.25) is 11.7 Å². The van der Waals surface area contributed by atoms with Crippen molar-refractivity contribution >= 4 is 5.91 Å². The van der Waals surface area contributed by atoms with Crippen LogP contribution in [0.2, 0.25) is 0 Å². The first kappa shape index (κ1) is 22.2. The fourth-order valence-electron chi connectivity index (χ4n) is 3.59. The molecule has 0 aliphatic heterocycles. The highest BCUT2D eigenvalue weighted by Crippen LogP contribution is 2.38. The van der Waals surface area contributed by atoms with Gasteiger partial charge in [0.15, 0.2) is 11.5 Å². The predicted octanol–water partition coefficient (Wildman–Crippen LogP) is 4.75. The summed E-state index contributed by atoms with van der Waals surface area (Å²) in [6, 6.07) is 23.9. The van der Waals surface area contributed by atoms with E-state index in [2.05, 4.69) is 17.4 Å². The highest BCUT2D eigenvalue weighted by atomic mass is 16.5. The van der Waals surface area contributed by atoms with Crippen molar-refractivity contribution in [1.29, 1.82) is 0 Å². The maximum atomic E-state index is 12.8. The lowest BCUT2D eigenvalue weighted by molar-refractivity contribution is -0.121. The third kappa shape index (κ3) is 6.01. The SMILES string of the molecule is COc1cc(CCC(=O)NC(Cc2ccccc2)c2ccccc2)cc(OC)c1OC. The molecule has 0 spiro atoms. The van der Waals surface area contributed by atoms with Crippen molar-refractivity contribution in [3.05, 3.63) is 89.5 Å². The molecule has 0 saturated carbocycles. The standard InChI is InChI=1S/C26H29NO4/c1-29-23-17-20(18-24(30-2)26(23)31-3)14-15-25(28)27-22(21-12-8-5-9-13-21)16-19-10-6-4-7-11-19/h4-13,17-18,22H,14-16H2,1-3H3,(H,27,28). The number of benzene rings is 3. The number of hydrogen-bond acceptors (Lipinski definition) is 4. The predicted molar refractivity (Wildman–Crippen MR) is 122 cm³/mol. The lowest BCUT2D eigenvalue weighted by Gasteiger charge is -2.20. The van der Waals surface area contributed by atoms with Gasteiger partial charge in [0.25, 0.3) is 0 Å². The highest BCUT2D eigenvalue weighted by molar-refractivity contribution is 5.77. The van der Waals surface area contributed by atoms with Gasteiger partial charge in [0.05, 0.1) is 27.4 Å². The minimum atomic E-state index is -0.0870. The van der Waals surface area contributed by atoms with Gasteiger partial charge < -0.3 is 19.5 Å². The number of ether oxygens (including phenoxy) is 3. The van der Waals surface area contributed by atoms with Crippen molar-refractivity contribution in [2.24, 2.45) is 0 Å². The molecule has 3 aromatic rings. The maximum absolute atomic E-state index is 12.8. The van der Waals surface area contributed by atoms with Crippen LogP contribution >= 0.6 is 0 Å². The summed E-state index contributed by atoms with van der Waals surface area (Å²) in [7, 11) is 4.74. The van der Waals surface area contributed by atoms with Crippen LogP contribution in [0, 0.1) is 0 Å². The molecule has 1 atom stereocenters. The Morgan fingerprint density at radius 1 is 0.806 bits per heavy atom. The van der Waals surface area contributed by atoms with Crippen molar-refractivity contribution in [1.82, 2.24) is 5.32 Å². The summed E-state index contributed by atoms with van der Waals surface area (Å²) in [5.41, 5.74) is 3.22. The number of carbonyl (C=O) groups excluding carboxylic acids is 1. The van der Waals surface area contributed by atoms with Gasteiger partial charge in [-0.05, 0) is 41.7 Å². The van der Waals surface area contributed by atoms with E-state index in [-0.39, 0.29) is 11.9 Å². The van der Waals surface area contributed by atoms with Crippen molar-refractivity contribution < 1.29 is 19.0 Å². The second-order valence-electron chi connectivity index (χ2n) is 7.25. The average molecular weight is 420 g/mol. The summed E-state index contributed by atoms with van der Waals surface area (Å²) in [4.78, 5) is 12.8. The van der Waals surface area contributed by atoms with E-state index in [1.165, 1.54) is 5.56 Å². The summed E-state index contributed by atoms with van der Waals surface area (Å²) < 4.78 is 16.2. The molecule has 162 valence electrons. The van der Waals surface area contributed by atoms with Crippen LogP contribution in [0.3, 0.4) is 0 Å². The average Bonchev–Trinajstić information content (AvgIpc) is 2.82. The molecule has 0 aromatic heterocycles. The summed E-state index contributed by atoms with van der Waals surface area (Å²) in [5, 5.41) is 3.21. The number of carbonyl (C=O) groups is 1. The first-order valence-corrected chi connectivity index (χ1v) is 10.3. The molecule has 0 saturated heterocycles. The van der Waals surface area contributed by atoms with Crippen molar-refractivity contribution in [2.75, 3.05) is 21.3 Å². The van der Waals surface area contributed by atoms with Crippen LogP contribution in [-0.4, -0.2) is 27.2 Å². The number of aryl methyl sites for hydroxylation is 1. The monoisotopic (exact) mass is 419 g/mol. The molecule has 31 heavy (non-hydrogen) atoms. The molecule has 3 aromatic carbocycles. The molecule has 5 nitrogen and oxygen atoms in total. The summed E-state index contributed by atoms with van der Waals surface area (Å²) in [6.07, 6.45) is 1.66. The zero-order chi connectivity index (χ0) is 22.1. The fraction of sp³-hybridized carbons (Fsp3) is 0.269. The number of nitrogens with one attached hydrogen (secondary N) is 1. The smallest absolute Gasteiger partial charge is 0.220 e. The minimum Gasteiger partial charge on any atom is -0.493 e. The van der Waals surface area contributed by atoms with Crippen LogP contribution in [0.1, 0.15) is 29.2 Å². The fourth-order valence-corrected chi connectivity index (χ4v) is 3.59. The second-order valence-corrected chi connectivity index (χ2v) is 7.25. The molecule has 1 amide bonds. The van der Waals surface area contributed by atoms with E-state index >= 15 is 0 Å². The zero-order valence-electron chi connectivity index (χ0n) is 18.3. The number of hydrogen-bond donors (Lipinski definition) is 1. The van der Waals surface area contributed by atoms with E-state index in [0.717, 1.165) is 17.5 Å². The molecule has 0 bridgehead atoms. The van der Waals surface area contributed by atoms with Crippen LogP contribution < -0.4 is 19.5 Å². The molecule has 0 radical (unpaired) electrons. The zero-order valence-corrected chi connectivity index (χ0v) is 18.3. The van der Waals surface area contributed by atoms with E-state index in [4.69, 9.17) is 14.2 Å².